The summed E-state index contributed by atoms with van der Waals surface area (Å²) in [6, 6.07) is 27.5. The average molecular weight is 450 g/mol. The van der Waals surface area contributed by atoms with Crippen molar-refractivity contribution in [1.29, 1.82) is 0 Å². The predicted octanol–water partition coefficient (Wildman–Crippen LogP) is 6.45. The predicted molar refractivity (Wildman–Crippen MR) is 140 cm³/mol. The summed E-state index contributed by atoms with van der Waals surface area (Å²) in [6.07, 6.45) is 6.62. The molecule has 0 radical (unpaired) electrons. The molecule has 0 saturated heterocycles. The lowest BCUT2D eigenvalue weighted by atomic mass is 10.1. The second-order valence-corrected chi connectivity index (χ2v) is 8.80. The first kappa shape index (κ1) is 22.1. The number of benzene rings is 3. The van der Waals surface area contributed by atoms with Gasteiger partial charge in [0.05, 0.1) is 5.69 Å². The number of aliphatic imine (C=N–C) groups is 1. The van der Waals surface area contributed by atoms with Crippen molar-refractivity contribution < 1.29 is 0 Å². The van der Waals surface area contributed by atoms with Crippen LogP contribution in [0, 0.1) is 0 Å². The highest BCUT2D eigenvalue weighted by molar-refractivity contribution is 5.82. The van der Waals surface area contributed by atoms with Gasteiger partial charge in [0, 0.05) is 43.5 Å². The Morgan fingerprint density at radius 2 is 1.68 bits per heavy atom. The minimum atomic E-state index is 0.909. The minimum Gasteiger partial charge on any atom is -0.367 e. The largest absolute Gasteiger partial charge is 0.367 e. The van der Waals surface area contributed by atoms with E-state index in [-0.39, 0.29) is 0 Å². The van der Waals surface area contributed by atoms with Crippen molar-refractivity contribution in [2.45, 2.75) is 45.7 Å². The zero-order chi connectivity index (χ0) is 23.2. The van der Waals surface area contributed by atoms with Crippen LogP contribution >= 0.6 is 0 Å². The molecule has 172 valence electrons. The molecule has 2 heterocycles. The third kappa shape index (κ3) is 5.09. The topological polar surface area (TPSA) is 46.3 Å². The summed E-state index contributed by atoms with van der Waals surface area (Å²) < 4.78 is 2.28. The molecule has 0 bridgehead atoms. The van der Waals surface area contributed by atoms with Gasteiger partial charge in [0.15, 0.2) is 5.82 Å². The van der Waals surface area contributed by atoms with Crippen molar-refractivity contribution in [2.24, 2.45) is 4.99 Å². The van der Waals surface area contributed by atoms with Gasteiger partial charge in [-0.3, -0.25) is 4.99 Å². The molecule has 5 rings (SSSR count). The van der Waals surface area contributed by atoms with Gasteiger partial charge in [0.25, 0.3) is 0 Å². The van der Waals surface area contributed by atoms with Crippen LogP contribution in [-0.4, -0.2) is 27.5 Å². The Morgan fingerprint density at radius 1 is 0.882 bits per heavy atom. The number of aromatic nitrogens is 3. The van der Waals surface area contributed by atoms with Crippen molar-refractivity contribution in [2.75, 3.05) is 11.4 Å². The van der Waals surface area contributed by atoms with Crippen LogP contribution in [0.15, 0.2) is 83.9 Å². The van der Waals surface area contributed by atoms with Gasteiger partial charge in [-0.15, -0.1) is 10.2 Å². The Labute approximate surface area is 201 Å². The summed E-state index contributed by atoms with van der Waals surface area (Å²) in [5, 5.41) is 8.88. The Hall–Kier alpha value is -3.73. The van der Waals surface area contributed by atoms with E-state index in [2.05, 4.69) is 110 Å². The monoisotopic (exact) mass is 449 g/mol. The van der Waals surface area contributed by atoms with Gasteiger partial charge in [0.2, 0.25) is 0 Å². The lowest BCUT2D eigenvalue weighted by molar-refractivity contribution is 0.636. The molecule has 0 N–H and O–H groups in total. The molecule has 5 nitrogen and oxygen atoms in total. The van der Waals surface area contributed by atoms with E-state index in [0.717, 1.165) is 54.5 Å². The highest BCUT2D eigenvalue weighted by atomic mass is 15.3. The van der Waals surface area contributed by atoms with E-state index >= 15 is 0 Å². The van der Waals surface area contributed by atoms with Crippen LogP contribution in [0.4, 0.5) is 11.4 Å². The number of anilines is 1. The van der Waals surface area contributed by atoms with Crippen molar-refractivity contribution in [3.8, 4) is 11.4 Å². The maximum Gasteiger partial charge on any atom is 0.163 e. The maximum absolute atomic E-state index is 4.68. The van der Waals surface area contributed by atoms with E-state index in [1.54, 1.807) is 0 Å². The molecule has 0 saturated carbocycles. The second-order valence-electron chi connectivity index (χ2n) is 8.80. The normalized spacial score (nSPS) is 13.6. The Kier molecular flexibility index (Phi) is 6.80. The highest BCUT2D eigenvalue weighted by Crippen LogP contribution is 2.25. The third-order valence-corrected chi connectivity index (χ3v) is 6.45. The van der Waals surface area contributed by atoms with E-state index in [9.17, 15) is 0 Å². The fourth-order valence-electron chi connectivity index (χ4n) is 4.50. The van der Waals surface area contributed by atoms with E-state index < -0.39 is 0 Å². The van der Waals surface area contributed by atoms with Gasteiger partial charge in [0.1, 0.15) is 5.82 Å². The van der Waals surface area contributed by atoms with Gasteiger partial charge in [-0.2, -0.15) is 0 Å². The van der Waals surface area contributed by atoms with Crippen molar-refractivity contribution in [3.05, 3.63) is 95.8 Å². The van der Waals surface area contributed by atoms with Crippen LogP contribution in [0.1, 0.15) is 43.1 Å². The SMILES string of the molecule is CCN(Cc1ccccc1)c1ccc(C=Nc2ccc(-c3nnc4n3CCCCC4)cc2)cc1. The van der Waals surface area contributed by atoms with Crippen LogP contribution in [0.3, 0.4) is 0 Å². The fraction of sp³-hybridized carbons (Fsp3) is 0.276. The van der Waals surface area contributed by atoms with E-state index in [0.29, 0.717) is 0 Å². The number of fused-ring (bicyclic) bond motifs is 1. The molecule has 3 aromatic carbocycles. The summed E-state index contributed by atoms with van der Waals surface area (Å²) in [4.78, 5) is 7.06. The lowest BCUT2D eigenvalue weighted by Gasteiger charge is -2.23. The lowest BCUT2D eigenvalue weighted by Crippen LogP contribution is -2.21. The highest BCUT2D eigenvalue weighted by Gasteiger charge is 2.15. The van der Waals surface area contributed by atoms with E-state index in [1.807, 2.05) is 6.21 Å². The van der Waals surface area contributed by atoms with Crippen molar-refractivity contribution in [3.63, 3.8) is 0 Å². The first-order valence-corrected chi connectivity index (χ1v) is 12.3. The molecule has 1 aliphatic rings. The van der Waals surface area contributed by atoms with Crippen LogP contribution in [-0.2, 0) is 19.5 Å². The molecule has 0 spiro atoms. The quantitative estimate of drug-likeness (QED) is 0.305. The molecular formula is C29H31N5. The maximum atomic E-state index is 4.68. The first-order valence-electron chi connectivity index (χ1n) is 12.3. The Balaban J connectivity index is 1.25. The summed E-state index contributed by atoms with van der Waals surface area (Å²) in [5.74, 6) is 2.09. The number of rotatable bonds is 7. The molecule has 34 heavy (non-hydrogen) atoms. The Morgan fingerprint density at radius 3 is 2.44 bits per heavy atom. The van der Waals surface area contributed by atoms with Crippen LogP contribution in [0.25, 0.3) is 11.4 Å². The summed E-state index contributed by atoms with van der Waals surface area (Å²) in [5.41, 5.74) is 5.66. The fourth-order valence-corrected chi connectivity index (χ4v) is 4.50. The van der Waals surface area contributed by atoms with Crippen LogP contribution < -0.4 is 4.90 Å². The number of hydrogen-bond donors (Lipinski definition) is 0. The Bertz CT molecular complexity index is 1220. The summed E-state index contributed by atoms with van der Waals surface area (Å²) in [6.45, 7) is 5.07. The second kappa shape index (κ2) is 10.5. The molecule has 5 heteroatoms. The number of aryl methyl sites for hydroxylation is 1. The summed E-state index contributed by atoms with van der Waals surface area (Å²) >= 11 is 0. The minimum absolute atomic E-state index is 0.909. The van der Waals surface area contributed by atoms with Gasteiger partial charge >= 0.3 is 0 Å². The molecule has 1 aliphatic heterocycles. The van der Waals surface area contributed by atoms with Gasteiger partial charge in [-0.05, 0) is 67.3 Å². The number of hydrogen-bond acceptors (Lipinski definition) is 4. The molecule has 0 aliphatic carbocycles. The third-order valence-electron chi connectivity index (χ3n) is 6.45. The zero-order valence-electron chi connectivity index (χ0n) is 19.8. The van der Waals surface area contributed by atoms with Crippen LogP contribution in [0.5, 0.6) is 0 Å². The van der Waals surface area contributed by atoms with Crippen LogP contribution in [0.2, 0.25) is 0 Å². The first-order chi connectivity index (χ1) is 16.8. The van der Waals surface area contributed by atoms with Gasteiger partial charge in [-0.25, -0.2) is 0 Å². The molecule has 0 fully saturated rings. The summed E-state index contributed by atoms with van der Waals surface area (Å²) in [7, 11) is 0. The van der Waals surface area contributed by atoms with Gasteiger partial charge < -0.3 is 9.47 Å². The molecule has 0 unspecified atom stereocenters. The van der Waals surface area contributed by atoms with Crippen molar-refractivity contribution in [1.82, 2.24) is 14.8 Å². The standard InChI is InChI=1S/C29H31N5/c1-2-33(22-24-9-5-3-6-10-24)27-18-12-23(13-19-27)21-30-26-16-14-25(15-17-26)29-32-31-28-11-7-4-8-20-34(28)29/h3,5-6,9-10,12-19,21H,2,4,7-8,11,20,22H2,1H3. The smallest absolute Gasteiger partial charge is 0.163 e. The van der Waals surface area contributed by atoms with E-state index in [4.69, 9.17) is 0 Å². The van der Waals surface area contributed by atoms with Crippen molar-refractivity contribution >= 4 is 17.6 Å². The molecular weight excluding hydrogens is 418 g/mol. The molecule has 0 atom stereocenters. The number of nitrogens with zero attached hydrogens (tertiary/aromatic N) is 5. The average Bonchev–Trinajstić information content (AvgIpc) is 3.15. The van der Waals surface area contributed by atoms with E-state index in [1.165, 1.54) is 30.5 Å². The molecule has 4 aromatic rings. The molecule has 0 amide bonds. The zero-order valence-corrected chi connectivity index (χ0v) is 19.8. The van der Waals surface area contributed by atoms with Gasteiger partial charge in [-0.1, -0.05) is 48.9 Å². The molecule has 1 aromatic heterocycles.